The molecule has 1 aliphatic heterocycles. The molecule has 2 aromatic heterocycles. The van der Waals surface area contributed by atoms with Crippen LogP contribution in [0.3, 0.4) is 0 Å². The van der Waals surface area contributed by atoms with Gasteiger partial charge in [-0.25, -0.2) is 4.98 Å². The van der Waals surface area contributed by atoms with Crippen LogP contribution in [0, 0.1) is 0 Å². The predicted octanol–water partition coefficient (Wildman–Crippen LogP) is 0.276. The first kappa shape index (κ1) is 18.8. The average Bonchev–Trinajstić information content (AvgIpc) is 3.19. The molecule has 0 aromatic carbocycles. The zero-order valence-corrected chi connectivity index (χ0v) is 15.0. The molecule has 0 aliphatic carbocycles. The Balaban J connectivity index is 1.88. The monoisotopic (exact) mass is 366 g/mol. The molecule has 5 N–H and O–H groups in total. The van der Waals surface area contributed by atoms with Crippen molar-refractivity contribution in [2.75, 3.05) is 31.3 Å². The van der Waals surface area contributed by atoms with Crippen LogP contribution in [0.2, 0.25) is 0 Å². The first-order chi connectivity index (χ1) is 12.6. The van der Waals surface area contributed by atoms with Crippen molar-refractivity contribution in [3.05, 3.63) is 6.33 Å². The van der Waals surface area contributed by atoms with Gasteiger partial charge < -0.3 is 30.7 Å². The van der Waals surface area contributed by atoms with Gasteiger partial charge in [-0.1, -0.05) is 19.8 Å². The van der Waals surface area contributed by atoms with Gasteiger partial charge in [0.25, 0.3) is 0 Å². The SMILES string of the molecule is CCCCCNc1nc(N)c2ncn([C@@H]3O[C@H](CO)[C@@H](OC)[C@H]3O)c2n1. The van der Waals surface area contributed by atoms with E-state index in [0.717, 1.165) is 25.8 Å². The van der Waals surface area contributed by atoms with Crippen molar-refractivity contribution in [1.29, 1.82) is 0 Å². The van der Waals surface area contributed by atoms with Gasteiger partial charge >= 0.3 is 0 Å². The number of hydrogen-bond donors (Lipinski definition) is 4. The fourth-order valence-electron chi connectivity index (χ4n) is 3.17. The zero-order valence-electron chi connectivity index (χ0n) is 15.0. The zero-order chi connectivity index (χ0) is 18.7. The van der Waals surface area contributed by atoms with Gasteiger partial charge in [-0.05, 0) is 6.42 Å². The molecule has 1 aliphatic rings. The number of nitrogens with one attached hydrogen (secondary N) is 1. The van der Waals surface area contributed by atoms with Crippen LogP contribution in [0.15, 0.2) is 6.33 Å². The molecule has 26 heavy (non-hydrogen) atoms. The van der Waals surface area contributed by atoms with Gasteiger partial charge in [0.2, 0.25) is 5.95 Å². The van der Waals surface area contributed by atoms with Crippen LogP contribution in [0.25, 0.3) is 11.2 Å². The molecule has 1 fully saturated rings. The van der Waals surface area contributed by atoms with Gasteiger partial charge in [-0.15, -0.1) is 0 Å². The number of fused-ring (bicyclic) bond motifs is 1. The van der Waals surface area contributed by atoms with Crippen LogP contribution in [0.5, 0.6) is 0 Å². The predicted molar refractivity (Wildman–Crippen MR) is 95.5 cm³/mol. The highest BCUT2D eigenvalue weighted by molar-refractivity contribution is 5.82. The summed E-state index contributed by atoms with van der Waals surface area (Å²) >= 11 is 0. The highest BCUT2D eigenvalue weighted by atomic mass is 16.6. The van der Waals surface area contributed by atoms with Crippen LogP contribution in [-0.2, 0) is 9.47 Å². The van der Waals surface area contributed by atoms with E-state index >= 15 is 0 Å². The third kappa shape index (κ3) is 3.45. The lowest BCUT2D eigenvalue weighted by molar-refractivity contribution is -0.0535. The highest BCUT2D eigenvalue weighted by Gasteiger charge is 2.45. The van der Waals surface area contributed by atoms with Crippen molar-refractivity contribution in [2.45, 2.75) is 50.7 Å². The van der Waals surface area contributed by atoms with E-state index in [1.165, 1.54) is 13.4 Å². The summed E-state index contributed by atoms with van der Waals surface area (Å²) in [6.07, 6.45) is 1.70. The Kier molecular flexibility index (Phi) is 5.87. The van der Waals surface area contributed by atoms with Gasteiger partial charge in [0.15, 0.2) is 17.7 Å². The molecule has 1 saturated heterocycles. The van der Waals surface area contributed by atoms with Crippen LogP contribution in [0.4, 0.5) is 11.8 Å². The van der Waals surface area contributed by atoms with E-state index in [4.69, 9.17) is 15.2 Å². The van der Waals surface area contributed by atoms with Gasteiger partial charge in [-0.2, -0.15) is 9.97 Å². The van der Waals surface area contributed by atoms with Gasteiger partial charge in [0.1, 0.15) is 23.8 Å². The Morgan fingerprint density at radius 3 is 2.85 bits per heavy atom. The molecule has 3 rings (SSSR count). The third-order valence-corrected chi connectivity index (χ3v) is 4.55. The summed E-state index contributed by atoms with van der Waals surface area (Å²) in [6.45, 7) is 2.62. The fourth-order valence-corrected chi connectivity index (χ4v) is 3.17. The van der Waals surface area contributed by atoms with Gasteiger partial charge in [0, 0.05) is 13.7 Å². The molecule has 144 valence electrons. The minimum absolute atomic E-state index is 0.251. The van der Waals surface area contributed by atoms with E-state index < -0.39 is 24.5 Å². The molecule has 0 radical (unpaired) electrons. The Morgan fingerprint density at radius 1 is 1.38 bits per heavy atom. The van der Waals surface area contributed by atoms with Crippen LogP contribution >= 0.6 is 0 Å². The molecule has 0 bridgehead atoms. The second kappa shape index (κ2) is 8.12. The first-order valence-electron chi connectivity index (χ1n) is 8.81. The highest BCUT2D eigenvalue weighted by Crippen LogP contribution is 2.33. The topological polar surface area (TPSA) is 141 Å². The maximum atomic E-state index is 10.5. The van der Waals surface area contributed by atoms with Crippen LogP contribution in [-0.4, -0.2) is 68.3 Å². The fraction of sp³-hybridized carbons (Fsp3) is 0.688. The minimum Gasteiger partial charge on any atom is -0.394 e. The summed E-state index contributed by atoms with van der Waals surface area (Å²) < 4.78 is 12.6. The van der Waals surface area contributed by atoms with Crippen molar-refractivity contribution in [1.82, 2.24) is 19.5 Å². The van der Waals surface area contributed by atoms with Gasteiger partial charge in [-0.3, -0.25) is 4.57 Å². The number of unbranched alkanes of at least 4 members (excludes halogenated alkanes) is 2. The largest absolute Gasteiger partial charge is 0.394 e. The van der Waals surface area contributed by atoms with Crippen LogP contribution < -0.4 is 11.1 Å². The Bertz CT molecular complexity index is 739. The van der Waals surface area contributed by atoms with Crippen molar-refractivity contribution in [2.24, 2.45) is 0 Å². The molecule has 0 unspecified atom stereocenters. The molecular formula is C16H26N6O4. The summed E-state index contributed by atoms with van der Waals surface area (Å²) in [5.74, 6) is 0.656. The number of nitrogens with two attached hydrogens (primary N) is 1. The Labute approximate surface area is 151 Å². The average molecular weight is 366 g/mol. The summed E-state index contributed by atoms with van der Waals surface area (Å²) in [5, 5.41) is 23.1. The lowest BCUT2D eigenvalue weighted by Gasteiger charge is -2.18. The van der Waals surface area contributed by atoms with E-state index in [9.17, 15) is 10.2 Å². The third-order valence-electron chi connectivity index (χ3n) is 4.55. The normalized spacial score (nSPS) is 25.8. The number of methoxy groups -OCH3 is 1. The van der Waals surface area contributed by atoms with Crippen molar-refractivity contribution >= 4 is 22.9 Å². The van der Waals surface area contributed by atoms with Crippen molar-refractivity contribution in [3.8, 4) is 0 Å². The van der Waals surface area contributed by atoms with E-state index in [-0.39, 0.29) is 12.4 Å². The Hall–Kier alpha value is -2.01. The number of nitrogens with zero attached hydrogens (tertiary/aromatic N) is 4. The maximum absolute atomic E-state index is 10.5. The summed E-state index contributed by atoms with van der Waals surface area (Å²) in [6, 6.07) is 0. The Morgan fingerprint density at radius 2 is 2.19 bits per heavy atom. The second-order valence-electron chi connectivity index (χ2n) is 6.33. The van der Waals surface area contributed by atoms with E-state index in [2.05, 4.69) is 27.2 Å². The number of anilines is 2. The van der Waals surface area contributed by atoms with Crippen molar-refractivity contribution < 1.29 is 19.7 Å². The summed E-state index contributed by atoms with van der Waals surface area (Å²) in [4.78, 5) is 13.0. The molecule has 10 nitrogen and oxygen atoms in total. The standard InChI is InChI=1S/C16H26N6O4/c1-3-4-5-6-18-16-20-13(17)10-14(21-16)22(8-19-10)15-11(24)12(25-2)9(7-23)26-15/h8-9,11-12,15,23-24H,3-7H2,1-2H3,(H3,17,18,20,21)/t9-,11-,12-,15-/m1/s1. The molecular weight excluding hydrogens is 340 g/mol. The van der Waals surface area contributed by atoms with Crippen LogP contribution in [0.1, 0.15) is 32.4 Å². The molecule has 0 spiro atoms. The minimum atomic E-state index is -0.980. The molecule has 3 heterocycles. The number of nitrogen functional groups attached to an aromatic ring is 1. The summed E-state index contributed by atoms with van der Waals surface area (Å²) in [5.41, 5.74) is 6.89. The number of ether oxygens (including phenoxy) is 2. The molecule has 10 heteroatoms. The number of aliphatic hydroxyl groups is 2. The molecule has 0 saturated carbocycles. The number of imidazole rings is 1. The number of rotatable bonds is 8. The van der Waals surface area contributed by atoms with Gasteiger partial charge in [0.05, 0.1) is 12.9 Å². The number of aliphatic hydroxyl groups excluding tert-OH is 2. The van der Waals surface area contributed by atoms with E-state index in [1.54, 1.807) is 4.57 Å². The van der Waals surface area contributed by atoms with E-state index in [0.29, 0.717) is 17.1 Å². The number of hydrogen-bond acceptors (Lipinski definition) is 9. The number of aromatic nitrogens is 4. The second-order valence-corrected chi connectivity index (χ2v) is 6.33. The lowest BCUT2D eigenvalue weighted by Crippen LogP contribution is -2.35. The smallest absolute Gasteiger partial charge is 0.226 e. The van der Waals surface area contributed by atoms with Crippen molar-refractivity contribution in [3.63, 3.8) is 0 Å². The molecule has 0 amide bonds. The summed E-state index contributed by atoms with van der Waals surface area (Å²) in [7, 11) is 1.47. The quantitative estimate of drug-likeness (QED) is 0.485. The maximum Gasteiger partial charge on any atom is 0.226 e. The molecule has 2 aromatic rings. The first-order valence-corrected chi connectivity index (χ1v) is 8.81. The lowest BCUT2D eigenvalue weighted by atomic mass is 10.1. The van der Waals surface area contributed by atoms with E-state index in [1.807, 2.05) is 0 Å². The molecule has 4 atom stereocenters.